The summed E-state index contributed by atoms with van der Waals surface area (Å²) >= 11 is 1.95. The molecule has 5 heteroatoms. The smallest absolute Gasteiger partial charge is 0.317 e. The molecule has 2 fully saturated rings. The molecule has 1 N–H and O–H groups in total. The molecule has 20 heavy (non-hydrogen) atoms. The van der Waals surface area contributed by atoms with Crippen molar-refractivity contribution in [3.63, 3.8) is 0 Å². The van der Waals surface area contributed by atoms with E-state index in [2.05, 4.69) is 19.2 Å². The predicted molar refractivity (Wildman–Crippen MR) is 84.2 cm³/mol. The number of hydrogen-bond acceptors (Lipinski definition) is 3. The molecule has 2 heterocycles. The minimum atomic E-state index is 0.112. The van der Waals surface area contributed by atoms with Crippen molar-refractivity contribution in [2.24, 2.45) is 11.8 Å². The van der Waals surface area contributed by atoms with Gasteiger partial charge in [-0.05, 0) is 30.9 Å². The van der Waals surface area contributed by atoms with Gasteiger partial charge in [0, 0.05) is 37.9 Å². The summed E-state index contributed by atoms with van der Waals surface area (Å²) in [6.45, 7) is 7.81. The highest BCUT2D eigenvalue weighted by Gasteiger charge is 2.29. The van der Waals surface area contributed by atoms with Gasteiger partial charge in [-0.1, -0.05) is 13.8 Å². The highest BCUT2D eigenvalue weighted by atomic mass is 32.2. The number of ether oxygens (including phenoxy) is 1. The lowest BCUT2D eigenvalue weighted by Crippen LogP contribution is -2.46. The second kappa shape index (κ2) is 8.13. The summed E-state index contributed by atoms with van der Waals surface area (Å²) in [5.74, 6) is 3.23. The second-order valence-corrected chi connectivity index (χ2v) is 7.35. The van der Waals surface area contributed by atoms with Gasteiger partial charge in [-0.15, -0.1) is 0 Å². The summed E-state index contributed by atoms with van der Waals surface area (Å²) in [7, 11) is 0. The van der Waals surface area contributed by atoms with E-state index >= 15 is 0 Å². The summed E-state index contributed by atoms with van der Waals surface area (Å²) in [6, 6.07) is 0.112. The fourth-order valence-corrected chi connectivity index (χ4v) is 3.99. The lowest BCUT2D eigenvalue weighted by molar-refractivity contribution is -0.0510. The van der Waals surface area contributed by atoms with Crippen LogP contribution in [0.3, 0.4) is 0 Å². The molecule has 2 atom stereocenters. The number of nitrogens with one attached hydrogen (secondary N) is 1. The molecule has 0 aliphatic carbocycles. The molecule has 2 saturated heterocycles. The van der Waals surface area contributed by atoms with E-state index in [-0.39, 0.29) is 6.03 Å². The maximum absolute atomic E-state index is 12.2. The summed E-state index contributed by atoms with van der Waals surface area (Å²) in [5, 5.41) is 3.13. The van der Waals surface area contributed by atoms with E-state index in [1.165, 1.54) is 12.2 Å². The fourth-order valence-electron chi connectivity index (χ4n) is 3.10. The van der Waals surface area contributed by atoms with Gasteiger partial charge in [0.25, 0.3) is 0 Å². The zero-order valence-corrected chi connectivity index (χ0v) is 13.6. The number of carbonyl (C=O) groups excluding carboxylic acids is 1. The lowest BCUT2D eigenvalue weighted by Gasteiger charge is -2.35. The number of carbonyl (C=O) groups is 1. The standard InChI is InChI=1S/C15H28N2O2S/c1-12(2)14-13(5-3-8-19-14)11-16-15(18)17-6-4-9-20-10-7-17/h12-14H,3-11H2,1-2H3,(H,16,18)/t13-,14-/m0/s1. The fraction of sp³-hybridized carbons (Fsp3) is 0.933. The molecular formula is C15H28N2O2S. The Balaban J connectivity index is 1.79. The Hall–Kier alpha value is -0.420. The third-order valence-corrected chi connectivity index (χ3v) is 5.22. The topological polar surface area (TPSA) is 41.6 Å². The van der Waals surface area contributed by atoms with Gasteiger partial charge < -0.3 is 15.0 Å². The molecule has 0 saturated carbocycles. The zero-order valence-electron chi connectivity index (χ0n) is 12.8. The Kier molecular flexibility index (Phi) is 6.49. The van der Waals surface area contributed by atoms with Crippen LogP contribution in [0.2, 0.25) is 0 Å². The first kappa shape index (κ1) is 16.0. The SMILES string of the molecule is CC(C)[C@@H]1OCCC[C@H]1CNC(=O)N1CCCSCC1. The van der Waals surface area contributed by atoms with E-state index in [0.717, 1.165) is 44.8 Å². The first-order valence-corrected chi connectivity index (χ1v) is 9.06. The molecule has 2 rings (SSSR count). The van der Waals surface area contributed by atoms with Gasteiger partial charge in [-0.2, -0.15) is 11.8 Å². The lowest BCUT2D eigenvalue weighted by atomic mass is 9.87. The van der Waals surface area contributed by atoms with Crippen molar-refractivity contribution in [3.8, 4) is 0 Å². The van der Waals surface area contributed by atoms with Crippen LogP contribution in [0.15, 0.2) is 0 Å². The third kappa shape index (κ3) is 4.55. The number of thioether (sulfide) groups is 1. The Bertz CT molecular complexity index is 304. The average Bonchev–Trinajstić information content (AvgIpc) is 2.74. The molecule has 0 unspecified atom stereocenters. The van der Waals surface area contributed by atoms with E-state index < -0.39 is 0 Å². The Morgan fingerprint density at radius 2 is 2.20 bits per heavy atom. The Morgan fingerprint density at radius 1 is 1.35 bits per heavy atom. The molecule has 0 aromatic carbocycles. The summed E-state index contributed by atoms with van der Waals surface area (Å²) < 4.78 is 5.88. The van der Waals surface area contributed by atoms with Gasteiger partial charge in [0.1, 0.15) is 0 Å². The van der Waals surface area contributed by atoms with Crippen LogP contribution in [0.4, 0.5) is 4.79 Å². The van der Waals surface area contributed by atoms with Crippen LogP contribution < -0.4 is 5.32 Å². The van der Waals surface area contributed by atoms with E-state index in [1.807, 2.05) is 16.7 Å². The number of hydrogen-bond donors (Lipinski definition) is 1. The van der Waals surface area contributed by atoms with Crippen molar-refractivity contribution in [3.05, 3.63) is 0 Å². The molecule has 4 nitrogen and oxygen atoms in total. The van der Waals surface area contributed by atoms with E-state index in [9.17, 15) is 4.79 Å². The molecule has 0 spiro atoms. The van der Waals surface area contributed by atoms with E-state index in [4.69, 9.17) is 4.74 Å². The van der Waals surface area contributed by atoms with Crippen LogP contribution in [-0.2, 0) is 4.74 Å². The van der Waals surface area contributed by atoms with Gasteiger partial charge in [-0.3, -0.25) is 0 Å². The van der Waals surface area contributed by atoms with Crippen molar-refractivity contribution >= 4 is 17.8 Å². The summed E-state index contributed by atoms with van der Waals surface area (Å²) in [4.78, 5) is 14.2. The highest BCUT2D eigenvalue weighted by Crippen LogP contribution is 2.25. The van der Waals surface area contributed by atoms with Gasteiger partial charge in [0.15, 0.2) is 0 Å². The molecule has 0 aromatic rings. The van der Waals surface area contributed by atoms with Crippen molar-refractivity contribution < 1.29 is 9.53 Å². The number of rotatable bonds is 3. The molecule has 2 aliphatic heterocycles. The van der Waals surface area contributed by atoms with Gasteiger partial charge >= 0.3 is 6.03 Å². The normalized spacial score (nSPS) is 28.2. The first-order valence-electron chi connectivity index (χ1n) is 7.90. The van der Waals surface area contributed by atoms with Crippen molar-refractivity contribution in [2.45, 2.75) is 39.2 Å². The number of urea groups is 1. The average molecular weight is 300 g/mol. The molecule has 0 aromatic heterocycles. The molecular weight excluding hydrogens is 272 g/mol. The van der Waals surface area contributed by atoms with Crippen LogP contribution >= 0.6 is 11.8 Å². The van der Waals surface area contributed by atoms with Crippen molar-refractivity contribution in [2.75, 3.05) is 37.7 Å². The second-order valence-electron chi connectivity index (χ2n) is 6.12. The van der Waals surface area contributed by atoms with Gasteiger partial charge in [0.05, 0.1) is 6.10 Å². The maximum Gasteiger partial charge on any atom is 0.317 e. The van der Waals surface area contributed by atoms with Gasteiger partial charge in [-0.25, -0.2) is 4.79 Å². The maximum atomic E-state index is 12.2. The first-order chi connectivity index (χ1) is 9.68. The molecule has 2 amide bonds. The Morgan fingerprint density at radius 3 is 3.00 bits per heavy atom. The highest BCUT2D eigenvalue weighted by molar-refractivity contribution is 7.99. The molecule has 2 aliphatic rings. The van der Waals surface area contributed by atoms with E-state index in [0.29, 0.717) is 17.9 Å². The van der Waals surface area contributed by atoms with Crippen LogP contribution in [0.25, 0.3) is 0 Å². The van der Waals surface area contributed by atoms with Crippen LogP contribution in [0.1, 0.15) is 33.1 Å². The van der Waals surface area contributed by atoms with Crippen LogP contribution in [-0.4, -0.2) is 54.8 Å². The summed E-state index contributed by atoms with van der Waals surface area (Å²) in [6.07, 6.45) is 3.69. The number of nitrogens with zero attached hydrogens (tertiary/aromatic N) is 1. The van der Waals surface area contributed by atoms with Crippen molar-refractivity contribution in [1.82, 2.24) is 10.2 Å². The minimum Gasteiger partial charge on any atom is -0.378 e. The van der Waals surface area contributed by atoms with Gasteiger partial charge in [0.2, 0.25) is 0 Å². The number of amides is 2. The molecule has 0 radical (unpaired) electrons. The van der Waals surface area contributed by atoms with Crippen LogP contribution in [0, 0.1) is 11.8 Å². The summed E-state index contributed by atoms with van der Waals surface area (Å²) in [5.41, 5.74) is 0. The van der Waals surface area contributed by atoms with E-state index in [1.54, 1.807) is 0 Å². The molecule has 0 bridgehead atoms. The van der Waals surface area contributed by atoms with Crippen molar-refractivity contribution in [1.29, 1.82) is 0 Å². The molecule has 116 valence electrons. The monoisotopic (exact) mass is 300 g/mol. The third-order valence-electron chi connectivity index (χ3n) is 4.18. The minimum absolute atomic E-state index is 0.112. The largest absolute Gasteiger partial charge is 0.378 e. The zero-order chi connectivity index (χ0) is 14.4. The quantitative estimate of drug-likeness (QED) is 0.871. The van der Waals surface area contributed by atoms with Crippen LogP contribution in [0.5, 0.6) is 0 Å². The predicted octanol–water partition coefficient (Wildman–Crippen LogP) is 2.59. The Labute approximate surface area is 127 Å².